The highest BCUT2D eigenvalue weighted by Crippen LogP contribution is 2.24. The highest BCUT2D eigenvalue weighted by Gasteiger charge is 2.13. The third-order valence-corrected chi connectivity index (χ3v) is 3.24. The monoisotopic (exact) mass is 253 g/mol. The van der Waals surface area contributed by atoms with E-state index >= 15 is 0 Å². The molecule has 0 fully saturated rings. The Kier molecular flexibility index (Phi) is 3.01. The average Bonchev–Trinajstić information content (AvgIpc) is 2.95. The Morgan fingerprint density at radius 1 is 1.26 bits per heavy atom. The smallest absolute Gasteiger partial charge is 0.107 e. The van der Waals surface area contributed by atoms with Crippen molar-refractivity contribution >= 4 is 10.9 Å². The van der Waals surface area contributed by atoms with Gasteiger partial charge < -0.3 is 5.11 Å². The van der Waals surface area contributed by atoms with E-state index in [9.17, 15) is 5.11 Å². The minimum absolute atomic E-state index is 0.648. The van der Waals surface area contributed by atoms with E-state index in [1.807, 2.05) is 43.5 Å². The van der Waals surface area contributed by atoms with Crippen LogP contribution in [0.1, 0.15) is 24.2 Å². The first-order valence-corrected chi connectivity index (χ1v) is 6.33. The first-order chi connectivity index (χ1) is 9.28. The van der Waals surface area contributed by atoms with Gasteiger partial charge in [-0.05, 0) is 30.7 Å². The van der Waals surface area contributed by atoms with E-state index in [1.165, 1.54) is 0 Å². The fourth-order valence-electron chi connectivity index (χ4n) is 2.15. The maximum absolute atomic E-state index is 10.4. The van der Waals surface area contributed by atoms with Gasteiger partial charge in [0.25, 0.3) is 0 Å². The molecule has 1 aromatic carbocycles. The Morgan fingerprint density at radius 2 is 2.16 bits per heavy atom. The molecular weight excluding hydrogens is 238 g/mol. The predicted molar refractivity (Wildman–Crippen MR) is 73.7 cm³/mol. The molecule has 3 aromatic rings. The van der Waals surface area contributed by atoms with Crippen LogP contribution < -0.4 is 0 Å². The molecule has 0 aliphatic heterocycles. The van der Waals surface area contributed by atoms with Gasteiger partial charge >= 0.3 is 0 Å². The first-order valence-electron chi connectivity index (χ1n) is 6.33. The zero-order valence-corrected chi connectivity index (χ0v) is 10.7. The lowest BCUT2D eigenvalue weighted by molar-refractivity contribution is 0.220. The zero-order valence-electron chi connectivity index (χ0n) is 10.7. The molecule has 1 atom stereocenters. The maximum Gasteiger partial charge on any atom is 0.107 e. The number of aliphatic hydroxyl groups excluding tert-OH is 1. The van der Waals surface area contributed by atoms with Crippen LogP contribution in [-0.2, 0) is 6.54 Å². The minimum Gasteiger partial charge on any atom is -0.384 e. The number of hydrogen-bond acceptors (Lipinski definition) is 3. The predicted octanol–water partition coefficient (Wildman–Crippen LogP) is 2.53. The molecule has 0 saturated heterocycles. The number of aliphatic hydroxyl groups is 1. The number of pyridine rings is 1. The Hall–Kier alpha value is -2.20. The third-order valence-electron chi connectivity index (χ3n) is 3.24. The molecule has 19 heavy (non-hydrogen) atoms. The lowest BCUT2D eigenvalue weighted by atomic mass is 10.0. The first kappa shape index (κ1) is 11.9. The number of nitrogens with zero attached hydrogens (tertiary/aromatic N) is 3. The van der Waals surface area contributed by atoms with Crippen molar-refractivity contribution in [1.82, 2.24) is 14.8 Å². The molecule has 3 rings (SSSR count). The molecule has 96 valence electrons. The standard InChI is InChI=1S/C15H15N3O/c1-2-18-10-13(9-17-18)15(19)12-5-6-14-11(8-12)4-3-7-16-14/h3-10,15,19H,2H2,1H3. The van der Waals surface area contributed by atoms with Crippen molar-refractivity contribution in [2.75, 3.05) is 0 Å². The van der Waals surface area contributed by atoms with Gasteiger partial charge in [-0.25, -0.2) is 0 Å². The van der Waals surface area contributed by atoms with Crippen LogP contribution in [0.3, 0.4) is 0 Å². The summed E-state index contributed by atoms with van der Waals surface area (Å²) in [5.41, 5.74) is 2.60. The number of aromatic nitrogens is 3. The normalized spacial score (nSPS) is 12.7. The summed E-state index contributed by atoms with van der Waals surface area (Å²) in [6.45, 7) is 2.82. The van der Waals surface area contributed by atoms with Crippen molar-refractivity contribution in [3.8, 4) is 0 Å². The fourth-order valence-corrected chi connectivity index (χ4v) is 2.15. The van der Waals surface area contributed by atoms with Crippen LogP contribution in [0.15, 0.2) is 48.9 Å². The van der Waals surface area contributed by atoms with Gasteiger partial charge in [-0.3, -0.25) is 9.67 Å². The van der Waals surface area contributed by atoms with E-state index in [0.29, 0.717) is 0 Å². The van der Waals surface area contributed by atoms with E-state index in [4.69, 9.17) is 0 Å². The Balaban J connectivity index is 1.98. The van der Waals surface area contributed by atoms with Crippen LogP contribution in [0.4, 0.5) is 0 Å². The molecule has 1 unspecified atom stereocenters. The van der Waals surface area contributed by atoms with Crippen LogP contribution in [0, 0.1) is 0 Å². The van der Waals surface area contributed by atoms with Crippen LogP contribution in [0.25, 0.3) is 10.9 Å². The van der Waals surface area contributed by atoms with E-state index in [2.05, 4.69) is 10.1 Å². The summed E-state index contributed by atoms with van der Waals surface area (Å²) < 4.78 is 1.81. The van der Waals surface area contributed by atoms with E-state index < -0.39 is 6.10 Å². The van der Waals surface area contributed by atoms with Crippen molar-refractivity contribution in [2.45, 2.75) is 19.6 Å². The Bertz CT molecular complexity index is 705. The van der Waals surface area contributed by atoms with Crippen LogP contribution in [-0.4, -0.2) is 19.9 Å². The minimum atomic E-state index is -0.648. The van der Waals surface area contributed by atoms with Gasteiger partial charge in [0, 0.05) is 29.9 Å². The lowest BCUT2D eigenvalue weighted by Crippen LogP contribution is -1.99. The molecule has 0 saturated carbocycles. The van der Waals surface area contributed by atoms with E-state index in [0.717, 1.165) is 28.6 Å². The number of benzene rings is 1. The summed E-state index contributed by atoms with van der Waals surface area (Å²) in [5, 5.41) is 15.6. The summed E-state index contributed by atoms with van der Waals surface area (Å²) >= 11 is 0. The molecular formula is C15H15N3O. The molecule has 0 aliphatic carbocycles. The molecule has 0 aliphatic rings. The summed E-state index contributed by atoms with van der Waals surface area (Å²) in [6.07, 6.45) is 4.70. The molecule has 2 heterocycles. The molecule has 0 amide bonds. The lowest BCUT2D eigenvalue weighted by Gasteiger charge is -2.09. The molecule has 0 spiro atoms. The second kappa shape index (κ2) is 4.82. The van der Waals surface area contributed by atoms with Gasteiger partial charge in [-0.15, -0.1) is 0 Å². The summed E-state index contributed by atoms with van der Waals surface area (Å²) in [7, 11) is 0. The fraction of sp³-hybridized carbons (Fsp3) is 0.200. The number of hydrogen-bond donors (Lipinski definition) is 1. The number of rotatable bonds is 3. The van der Waals surface area contributed by atoms with Gasteiger partial charge in [0.1, 0.15) is 6.10 Å². The summed E-state index contributed by atoms with van der Waals surface area (Å²) in [5.74, 6) is 0. The van der Waals surface area contributed by atoms with Crippen LogP contribution in [0.2, 0.25) is 0 Å². The van der Waals surface area contributed by atoms with Crippen LogP contribution >= 0.6 is 0 Å². The molecule has 0 radical (unpaired) electrons. The molecule has 4 heteroatoms. The number of aryl methyl sites for hydroxylation is 1. The van der Waals surface area contributed by atoms with Gasteiger partial charge in [0.2, 0.25) is 0 Å². The Labute approximate surface area is 111 Å². The summed E-state index contributed by atoms with van der Waals surface area (Å²) in [4.78, 5) is 4.27. The van der Waals surface area contributed by atoms with Crippen molar-refractivity contribution in [2.24, 2.45) is 0 Å². The van der Waals surface area contributed by atoms with Crippen molar-refractivity contribution < 1.29 is 5.11 Å². The second-order valence-electron chi connectivity index (χ2n) is 4.49. The van der Waals surface area contributed by atoms with Gasteiger partial charge in [-0.2, -0.15) is 5.10 Å². The summed E-state index contributed by atoms with van der Waals surface area (Å²) in [6, 6.07) is 9.69. The topological polar surface area (TPSA) is 50.9 Å². The van der Waals surface area contributed by atoms with Crippen LogP contribution in [0.5, 0.6) is 0 Å². The molecule has 0 bridgehead atoms. The zero-order chi connectivity index (χ0) is 13.2. The van der Waals surface area contributed by atoms with Gasteiger partial charge in [0.15, 0.2) is 0 Å². The molecule has 2 aromatic heterocycles. The average molecular weight is 253 g/mol. The number of fused-ring (bicyclic) bond motifs is 1. The van der Waals surface area contributed by atoms with Crippen molar-refractivity contribution in [3.05, 3.63) is 60.0 Å². The quantitative estimate of drug-likeness (QED) is 0.780. The van der Waals surface area contributed by atoms with E-state index in [-0.39, 0.29) is 0 Å². The highest BCUT2D eigenvalue weighted by molar-refractivity contribution is 5.79. The third kappa shape index (κ3) is 2.22. The van der Waals surface area contributed by atoms with E-state index in [1.54, 1.807) is 17.1 Å². The van der Waals surface area contributed by atoms with Crippen molar-refractivity contribution in [3.63, 3.8) is 0 Å². The molecule has 1 N–H and O–H groups in total. The Morgan fingerprint density at radius 3 is 2.95 bits per heavy atom. The largest absolute Gasteiger partial charge is 0.384 e. The highest BCUT2D eigenvalue weighted by atomic mass is 16.3. The van der Waals surface area contributed by atoms with Gasteiger partial charge in [0.05, 0.1) is 11.7 Å². The van der Waals surface area contributed by atoms with Gasteiger partial charge in [-0.1, -0.05) is 12.1 Å². The second-order valence-corrected chi connectivity index (χ2v) is 4.49. The maximum atomic E-state index is 10.4. The van der Waals surface area contributed by atoms with Crippen molar-refractivity contribution in [1.29, 1.82) is 0 Å². The molecule has 4 nitrogen and oxygen atoms in total. The SMILES string of the molecule is CCn1cc(C(O)c2ccc3ncccc3c2)cn1.